The van der Waals surface area contributed by atoms with E-state index in [4.69, 9.17) is 24.5 Å². The molecule has 2 atom stereocenters. The van der Waals surface area contributed by atoms with Gasteiger partial charge in [-0.05, 0) is 48.7 Å². The van der Waals surface area contributed by atoms with Gasteiger partial charge in [0.1, 0.15) is 26.9 Å². The Hall–Kier alpha value is -4.24. The van der Waals surface area contributed by atoms with Gasteiger partial charge >= 0.3 is 5.97 Å². The number of carboxylic acid groups (broad SMARTS) is 1. The van der Waals surface area contributed by atoms with Crippen molar-refractivity contribution in [3.05, 3.63) is 81.7 Å². The smallest absolute Gasteiger partial charge is 0.346 e. The number of benzene rings is 2. The summed E-state index contributed by atoms with van der Waals surface area (Å²) in [5.41, 5.74) is 3.20. The highest BCUT2D eigenvalue weighted by molar-refractivity contribution is 7.20. The SMILES string of the molecule is CC1(c2ccc(C#N)cc2F)Oc2cccc(C3=CCN(Cc4nc5cc(C(=O)O)sc5n4CC4CCO4)CC3)c2O1. The quantitative estimate of drug-likeness (QED) is 0.301. The Morgan fingerprint density at radius 1 is 1.29 bits per heavy atom. The van der Waals surface area contributed by atoms with Crippen molar-refractivity contribution < 1.29 is 28.5 Å². The van der Waals surface area contributed by atoms with Crippen LogP contribution in [0.3, 0.4) is 0 Å². The second-order valence-corrected chi connectivity index (χ2v) is 11.9. The van der Waals surface area contributed by atoms with Crippen LogP contribution in [0.25, 0.3) is 15.9 Å². The maximum Gasteiger partial charge on any atom is 0.346 e. The Morgan fingerprint density at radius 3 is 2.83 bits per heavy atom. The lowest BCUT2D eigenvalue weighted by atomic mass is 9.98. The van der Waals surface area contributed by atoms with Crippen LogP contribution >= 0.6 is 11.3 Å². The number of aromatic carboxylic acids is 1. The van der Waals surface area contributed by atoms with E-state index in [1.165, 1.54) is 23.5 Å². The van der Waals surface area contributed by atoms with Gasteiger partial charge in [0, 0.05) is 32.2 Å². The molecule has 3 aliphatic rings. The summed E-state index contributed by atoms with van der Waals surface area (Å²) in [5, 5.41) is 18.6. The molecule has 0 amide bonds. The van der Waals surface area contributed by atoms with Gasteiger partial charge in [-0.3, -0.25) is 4.90 Å². The zero-order chi connectivity index (χ0) is 29.0. The average Bonchev–Trinajstić information content (AvgIpc) is 3.62. The van der Waals surface area contributed by atoms with Crippen molar-refractivity contribution in [2.45, 2.75) is 44.7 Å². The van der Waals surface area contributed by atoms with Crippen molar-refractivity contribution in [3.63, 3.8) is 0 Å². The highest BCUT2D eigenvalue weighted by atomic mass is 32.1. The summed E-state index contributed by atoms with van der Waals surface area (Å²) in [6.45, 7) is 5.21. The third kappa shape index (κ3) is 4.61. The van der Waals surface area contributed by atoms with Crippen LogP contribution in [-0.2, 0) is 23.6 Å². The van der Waals surface area contributed by atoms with E-state index in [1.807, 2.05) is 24.3 Å². The lowest BCUT2D eigenvalue weighted by molar-refractivity contribution is -0.0708. The fourth-order valence-electron chi connectivity index (χ4n) is 5.75. The number of thiophene rings is 1. The molecule has 0 aliphatic carbocycles. The summed E-state index contributed by atoms with van der Waals surface area (Å²) in [6.07, 6.45) is 4.05. The molecular formula is C31H27FN4O5S. The van der Waals surface area contributed by atoms with Gasteiger partial charge in [0.15, 0.2) is 11.5 Å². The summed E-state index contributed by atoms with van der Waals surface area (Å²) in [7, 11) is 0. The zero-order valence-electron chi connectivity index (χ0n) is 22.8. The normalized spacial score (nSPS) is 21.6. The predicted molar refractivity (Wildman–Crippen MR) is 153 cm³/mol. The van der Waals surface area contributed by atoms with Crippen molar-refractivity contribution in [1.82, 2.24) is 14.5 Å². The molecule has 0 bridgehead atoms. The van der Waals surface area contributed by atoms with Crippen molar-refractivity contribution in [2.24, 2.45) is 0 Å². The van der Waals surface area contributed by atoms with Crippen LogP contribution in [0.4, 0.5) is 4.39 Å². The lowest BCUT2D eigenvalue weighted by Gasteiger charge is -2.29. The van der Waals surface area contributed by atoms with Crippen molar-refractivity contribution in [1.29, 1.82) is 5.26 Å². The summed E-state index contributed by atoms with van der Waals surface area (Å²) >= 11 is 1.25. The van der Waals surface area contributed by atoms with Gasteiger partial charge in [-0.2, -0.15) is 5.26 Å². The molecule has 1 fully saturated rings. The summed E-state index contributed by atoms with van der Waals surface area (Å²) in [6, 6.07) is 13.6. The fourth-order valence-corrected chi connectivity index (χ4v) is 6.72. The average molecular weight is 587 g/mol. The second-order valence-electron chi connectivity index (χ2n) is 10.8. The molecule has 214 valence electrons. The van der Waals surface area contributed by atoms with Gasteiger partial charge in [-0.15, -0.1) is 11.3 Å². The van der Waals surface area contributed by atoms with E-state index in [2.05, 4.69) is 15.5 Å². The summed E-state index contributed by atoms with van der Waals surface area (Å²) < 4.78 is 35.1. The number of para-hydroxylation sites is 1. The number of hydrogen-bond donors (Lipinski definition) is 1. The molecule has 3 aliphatic heterocycles. The zero-order valence-corrected chi connectivity index (χ0v) is 23.6. The van der Waals surface area contributed by atoms with E-state index in [0.29, 0.717) is 36.6 Å². The number of carbonyl (C=O) groups is 1. The highest BCUT2D eigenvalue weighted by Crippen LogP contribution is 2.49. The first kappa shape index (κ1) is 26.6. The molecule has 1 saturated heterocycles. The first-order valence-electron chi connectivity index (χ1n) is 13.8. The number of carboxylic acids is 1. The van der Waals surface area contributed by atoms with Crippen molar-refractivity contribution >= 4 is 33.2 Å². The third-order valence-corrected chi connectivity index (χ3v) is 9.20. The number of rotatable bonds is 7. The Morgan fingerprint density at radius 2 is 2.14 bits per heavy atom. The Bertz CT molecular complexity index is 1800. The van der Waals surface area contributed by atoms with E-state index in [0.717, 1.165) is 47.8 Å². The number of nitrogens with zero attached hydrogens (tertiary/aromatic N) is 4. The molecule has 2 aromatic carbocycles. The third-order valence-electron chi connectivity index (χ3n) is 8.06. The molecule has 42 heavy (non-hydrogen) atoms. The fraction of sp³-hybridized carbons (Fsp3) is 0.323. The summed E-state index contributed by atoms with van der Waals surface area (Å²) in [5.74, 6) is -0.828. The molecule has 0 radical (unpaired) electrons. The Labute approximate surface area is 245 Å². The molecule has 11 heteroatoms. The molecule has 7 rings (SSSR count). The number of imidazole rings is 1. The van der Waals surface area contributed by atoms with E-state index in [1.54, 1.807) is 19.1 Å². The molecular weight excluding hydrogens is 559 g/mol. The van der Waals surface area contributed by atoms with E-state index < -0.39 is 17.6 Å². The molecule has 1 N–H and O–H groups in total. The van der Waals surface area contributed by atoms with E-state index in [-0.39, 0.29) is 22.1 Å². The number of nitriles is 1. The van der Waals surface area contributed by atoms with Crippen LogP contribution < -0.4 is 9.47 Å². The maximum absolute atomic E-state index is 14.9. The molecule has 4 aromatic rings. The standard InChI is InChI=1S/C31H27FN4O5S/c1-31(22-6-5-18(15-33)13-23(22)32)40-25-4-2-3-21(28(25)41-31)19-7-10-35(11-8-19)17-27-34-24-14-26(30(37)38)42-29(24)36(27)16-20-9-12-39-20/h2-7,13-14,20H,8-12,16-17H2,1H3,(H,37,38). The van der Waals surface area contributed by atoms with Gasteiger partial charge < -0.3 is 23.9 Å². The minimum atomic E-state index is -1.35. The monoisotopic (exact) mass is 586 g/mol. The van der Waals surface area contributed by atoms with Crippen LogP contribution in [0, 0.1) is 17.1 Å². The van der Waals surface area contributed by atoms with E-state index in [9.17, 15) is 14.3 Å². The number of fused-ring (bicyclic) bond motifs is 2. The van der Waals surface area contributed by atoms with Crippen LogP contribution in [0.15, 0.2) is 48.5 Å². The number of halogens is 1. The predicted octanol–water partition coefficient (Wildman–Crippen LogP) is 5.53. The van der Waals surface area contributed by atoms with Gasteiger partial charge in [0.05, 0.1) is 36.4 Å². The molecule has 2 aromatic heterocycles. The Balaban J connectivity index is 1.10. The molecule has 5 heterocycles. The summed E-state index contributed by atoms with van der Waals surface area (Å²) in [4.78, 5) is 19.8. The molecule has 9 nitrogen and oxygen atoms in total. The molecule has 0 saturated carbocycles. The van der Waals surface area contributed by atoms with E-state index >= 15 is 0 Å². The highest BCUT2D eigenvalue weighted by Gasteiger charge is 2.42. The second kappa shape index (κ2) is 10.2. The number of ether oxygens (including phenoxy) is 3. The minimum absolute atomic E-state index is 0.121. The van der Waals surface area contributed by atoms with Crippen LogP contribution in [0.5, 0.6) is 11.5 Å². The molecule has 2 unspecified atom stereocenters. The number of aromatic nitrogens is 2. The van der Waals surface area contributed by atoms with Gasteiger partial charge in [-0.1, -0.05) is 18.2 Å². The van der Waals surface area contributed by atoms with Gasteiger partial charge in [0.2, 0.25) is 0 Å². The Kier molecular flexibility index (Phi) is 6.50. The number of hydrogen-bond acceptors (Lipinski definition) is 8. The minimum Gasteiger partial charge on any atom is -0.477 e. The lowest BCUT2D eigenvalue weighted by Crippen LogP contribution is -2.33. The van der Waals surface area contributed by atoms with Crippen molar-refractivity contribution in [2.75, 3.05) is 19.7 Å². The topological polar surface area (TPSA) is 110 Å². The maximum atomic E-state index is 14.9. The van der Waals surface area contributed by atoms with Crippen LogP contribution in [0.2, 0.25) is 0 Å². The first-order valence-corrected chi connectivity index (χ1v) is 14.6. The van der Waals surface area contributed by atoms with Gasteiger partial charge in [0.25, 0.3) is 5.79 Å². The van der Waals surface area contributed by atoms with Crippen molar-refractivity contribution in [3.8, 4) is 17.6 Å². The molecule has 0 spiro atoms. The van der Waals surface area contributed by atoms with Crippen LogP contribution in [-0.4, -0.2) is 51.3 Å². The largest absolute Gasteiger partial charge is 0.477 e. The van der Waals surface area contributed by atoms with Crippen LogP contribution in [0.1, 0.15) is 52.0 Å². The first-order chi connectivity index (χ1) is 20.3. The van der Waals surface area contributed by atoms with Gasteiger partial charge in [-0.25, -0.2) is 14.2 Å².